The molecule has 130 valence electrons. The summed E-state index contributed by atoms with van der Waals surface area (Å²) in [4.78, 5) is 21.7. The molecule has 26 heavy (non-hydrogen) atoms. The zero-order chi connectivity index (χ0) is 18.1. The van der Waals surface area contributed by atoms with Crippen LogP contribution >= 0.6 is 22.9 Å². The topological polar surface area (TPSA) is 57.0 Å². The van der Waals surface area contributed by atoms with Gasteiger partial charge in [-0.25, -0.2) is 9.97 Å². The number of thiazole rings is 1. The van der Waals surface area contributed by atoms with E-state index in [1.807, 2.05) is 29.6 Å². The Morgan fingerprint density at radius 3 is 2.92 bits per heavy atom. The molecule has 5 nitrogen and oxygen atoms in total. The molecule has 0 saturated carbocycles. The van der Waals surface area contributed by atoms with Gasteiger partial charge < -0.3 is 4.74 Å². The summed E-state index contributed by atoms with van der Waals surface area (Å²) in [5.74, 6) is 0.771. The maximum atomic E-state index is 12.7. The Bertz CT molecular complexity index is 1150. The van der Waals surface area contributed by atoms with E-state index in [1.54, 1.807) is 36.2 Å². The van der Waals surface area contributed by atoms with Gasteiger partial charge in [0, 0.05) is 10.4 Å². The van der Waals surface area contributed by atoms with Gasteiger partial charge in [-0.2, -0.15) is 0 Å². The minimum Gasteiger partial charge on any atom is -0.496 e. The number of methoxy groups -OCH3 is 1. The number of ether oxygens (including phenoxy) is 1. The van der Waals surface area contributed by atoms with E-state index in [2.05, 4.69) is 9.97 Å². The van der Waals surface area contributed by atoms with Crippen molar-refractivity contribution in [3.05, 3.63) is 75.2 Å². The minimum atomic E-state index is -0.135. The highest BCUT2D eigenvalue weighted by Crippen LogP contribution is 2.31. The first-order chi connectivity index (χ1) is 12.7. The van der Waals surface area contributed by atoms with Gasteiger partial charge in [0.15, 0.2) is 0 Å². The quantitative estimate of drug-likeness (QED) is 0.529. The van der Waals surface area contributed by atoms with Gasteiger partial charge >= 0.3 is 0 Å². The Morgan fingerprint density at radius 2 is 2.08 bits per heavy atom. The molecule has 0 bridgehead atoms. The van der Waals surface area contributed by atoms with Crippen LogP contribution in [0.5, 0.6) is 5.75 Å². The lowest BCUT2D eigenvalue weighted by Crippen LogP contribution is -2.21. The molecule has 0 radical (unpaired) electrons. The minimum absolute atomic E-state index is 0.135. The van der Waals surface area contributed by atoms with Crippen LogP contribution in [0.3, 0.4) is 0 Å². The Kier molecular flexibility index (Phi) is 4.44. The fourth-order valence-electron chi connectivity index (χ4n) is 2.74. The maximum Gasteiger partial charge on any atom is 0.261 e. The van der Waals surface area contributed by atoms with Crippen LogP contribution in [-0.4, -0.2) is 21.6 Å². The largest absolute Gasteiger partial charge is 0.496 e. The van der Waals surface area contributed by atoms with Crippen LogP contribution in [0.2, 0.25) is 5.02 Å². The van der Waals surface area contributed by atoms with Crippen LogP contribution in [-0.2, 0) is 6.54 Å². The molecule has 4 aromatic rings. The van der Waals surface area contributed by atoms with Crippen LogP contribution in [0.4, 0.5) is 0 Å². The molecule has 0 aliphatic rings. The second kappa shape index (κ2) is 6.90. The molecule has 0 N–H and O–H groups in total. The highest BCUT2D eigenvalue weighted by Gasteiger charge is 2.11. The summed E-state index contributed by atoms with van der Waals surface area (Å²) in [5, 5.41) is 3.81. The lowest BCUT2D eigenvalue weighted by molar-refractivity contribution is 0.416. The zero-order valence-corrected chi connectivity index (χ0v) is 15.4. The van der Waals surface area contributed by atoms with Crippen molar-refractivity contribution in [1.29, 1.82) is 0 Å². The summed E-state index contributed by atoms with van der Waals surface area (Å²) in [6, 6.07) is 12.8. The number of benzene rings is 2. The monoisotopic (exact) mass is 383 g/mol. The summed E-state index contributed by atoms with van der Waals surface area (Å²) in [5.41, 5.74) is 2.22. The summed E-state index contributed by atoms with van der Waals surface area (Å²) in [7, 11) is 1.64. The molecule has 0 aliphatic carbocycles. The molecule has 0 fully saturated rings. The molecule has 0 saturated heterocycles. The predicted molar refractivity (Wildman–Crippen MR) is 104 cm³/mol. The van der Waals surface area contributed by atoms with E-state index in [-0.39, 0.29) is 5.56 Å². The Balaban J connectivity index is 1.69. The SMILES string of the molecule is COc1ccccc1-c1nc(Cn2cnc3ccc(Cl)cc3c2=O)cs1. The van der Waals surface area contributed by atoms with Crippen LogP contribution in [0, 0.1) is 0 Å². The van der Waals surface area contributed by atoms with E-state index in [4.69, 9.17) is 16.3 Å². The molecule has 2 aromatic carbocycles. The van der Waals surface area contributed by atoms with Gasteiger partial charge in [0.1, 0.15) is 10.8 Å². The fraction of sp³-hybridized carbons (Fsp3) is 0.105. The highest BCUT2D eigenvalue weighted by atomic mass is 35.5. The molecule has 2 heterocycles. The van der Waals surface area contributed by atoms with Crippen molar-refractivity contribution in [3.63, 3.8) is 0 Å². The predicted octanol–water partition coefficient (Wildman–Crippen LogP) is 4.23. The summed E-state index contributed by atoms with van der Waals surface area (Å²) >= 11 is 7.52. The third-order valence-corrected chi connectivity index (χ3v) is 5.17. The van der Waals surface area contributed by atoms with Crippen LogP contribution in [0.15, 0.2) is 59.0 Å². The number of rotatable bonds is 4. The Labute approximate surface area is 158 Å². The van der Waals surface area contributed by atoms with Gasteiger partial charge in [0.2, 0.25) is 0 Å². The first-order valence-electron chi connectivity index (χ1n) is 7.88. The fourth-order valence-corrected chi connectivity index (χ4v) is 3.76. The molecule has 0 amide bonds. The van der Waals surface area contributed by atoms with E-state index in [1.165, 1.54) is 11.3 Å². The van der Waals surface area contributed by atoms with Crippen molar-refractivity contribution in [2.24, 2.45) is 0 Å². The summed E-state index contributed by atoms with van der Waals surface area (Å²) in [6.45, 7) is 0.347. The normalized spacial score (nSPS) is 11.0. The number of fused-ring (bicyclic) bond motifs is 1. The van der Waals surface area contributed by atoms with Crippen molar-refractivity contribution in [2.45, 2.75) is 6.54 Å². The third-order valence-electron chi connectivity index (χ3n) is 4.01. The van der Waals surface area contributed by atoms with Gasteiger partial charge in [0.05, 0.1) is 42.1 Å². The number of halogens is 1. The summed E-state index contributed by atoms with van der Waals surface area (Å²) < 4.78 is 6.94. The molecule has 0 spiro atoms. The van der Waals surface area contributed by atoms with Crippen molar-refractivity contribution in [2.75, 3.05) is 7.11 Å². The smallest absolute Gasteiger partial charge is 0.261 e. The molecule has 2 aromatic heterocycles. The van der Waals surface area contributed by atoms with E-state index >= 15 is 0 Å². The van der Waals surface area contributed by atoms with Gasteiger partial charge in [-0.15, -0.1) is 11.3 Å². The molecule has 4 rings (SSSR count). The van der Waals surface area contributed by atoms with E-state index < -0.39 is 0 Å². The first-order valence-corrected chi connectivity index (χ1v) is 9.14. The number of nitrogens with zero attached hydrogens (tertiary/aromatic N) is 3. The third kappa shape index (κ3) is 3.09. The molecule has 7 heteroatoms. The standard InChI is InChI=1S/C19H14ClN3O2S/c1-25-17-5-3-2-4-14(17)18-22-13(10-26-18)9-23-11-21-16-7-6-12(20)8-15(16)19(23)24/h2-8,10-11H,9H2,1H3. The number of para-hydroxylation sites is 1. The summed E-state index contributed by atoms with van der Waals surface area (Å²) in [6.07, 6.45) is 1.54. The second-order valence-electron chi connectivity index (χ2n) is 5.68. The number of hydrogen-bond donors (Lipinski definition) is 0. The number of aromatic nitrogens is 3. The van der Waals surface area contributed by atoms with Gasteiger partial charge in [-0.3, -0.25) is 9.36 Å². The Hall–Kier alpha value is -2.70. The van der Waals surface area contributed by atoms with Crippen LogP contribution in [0.25, 0.3) is 21.5 Å². The van der Waals surface area contributed by atoms with Crippen molar-refractivity contribution in [1.82, 2.24) is 14.5 Å². The molecule has 0 unspecified atom stereocenters. The lowest BCUT2D eigenvalue weighted by atomic mass is 10.2. The molecule has 0 atom stereocenters. The average Bonchev–Trinajstić information content (AvgIpc) is 3.13. The Morgan fingerprint density at radius 1 is 1.23 bits per heavy atom. The van der Waals surface area contributed by atoms with Crippen LogP contribution < -0.4 is 10.3 Å². The number of hydrogen-bond acceptors (Lipinski definition) is 5. The van der Waals surface area contributed by atoms with E-state index in [0.717, 1.165) is 22.0 Å². The first kappa shape index (κ1) is 16.8. The molecular formula is C19H14ClN3O2S. The lowest BCUT2D eigenvalue weighted by Gasteiger charge is -2.06. The van der Waals surface area contributed by atoms with Gasteiger partial charge in [0.25, 0.3) is 5.56 Å². The average molecular weight is 384 g/mol. The second-order valence-corrected chi connectivity index (χ2v) is 6.98. The van der Waals surface area contributed by atoms with Gasteiger partial charge in [-0.1, -0.05) is 23.7 Å². The highest BCUT2D eigenvalue weighted by molar-refractivity contribution is 7.13. The van der Waals surface area contributed by atoms with E-state index in [0.29, 0.717) is 22.5 Å². The van der Waals surface area contributed by atoms with Crippen LogP contribution in [0.1, 0.15) is 5.69 Å². The van der Waals surface area contributed by atoms with Gasteiger partial charge in [-0.05, 0) is 30.3 Å². The molecular weight excluding hydrogens is 370 g/mol. The van der Waals surface area contributed by atoms with Crippen molar-refractivity contribution in [3.8, 4) is 16.3 Å². The zero-order valence-electron chi connectivity index (χ0n) is 13.8. The van der Waals surface area contributed by atoms with Crippen molar-refractivity contribution >= 4 is 33.8 Å². The molecule has 0 aliphatic heterocycles. The maximum absolute atomic E-state index is 12.7. The van der Waals surface area contributed by atoms with Crippen molar-refractivity contribution < 1.29 is 4.74 Å². The van der Waals surface area contributed by atoms with E-state index in [9.17, 15) is 4.79 Å².